The lowest BCUT2D eigenvalue weighted by molar-refractivity contribution is 0.0632. The van der Waals surface area contributed by atoms with Crippen molar-refractivity contribution in [2.75, 3.05) is 6.54 Å². The summed E-state index contributed by atoms with van der Waals surface area (Å²) in [6.07, 6.45) is 0. The maximum atomic E-state index is 11.9. The van der Waals surface area contributed by atoms with Gasteiger partial charge in [-0.25, -0.2) is 4.79 Å². The molecule has 0 bridgehead atoms. The van der Waals surface area contributed by atoms with Gasteiger partial charge in [0.1, 0.15) is 5.60 Å². The molecule has 4 nitrogen and oxygen atoms in total. The molecule has 0 saturated carbocycles. The highest BCUT2D eigenvalue weighted by atomic mass is 32.1. The molecule has 6 heteroatoms. The van der Waals surface area contributed by atoms with Crippen LogP contribution in [0.1, 0.15) is 16.7 Å². The van der Waals surface area contributed by atoms with Gasteiger partial charge in [0.15, 0.2) is 0 Å². The predicted molar refractivity (Wildman–Crippen MR) is 96.0 cm³/mol. The third-order valence-corrected chi connectivity index (χ3v) is 5.80. The zero-order valence-electron chi connectivity index (χ0n) is 12.7. The van der Waals surface area contributed by atoms with Gasteiger partial charge >= 0.3 is 6.03 Å². The average molecular weight is 346 g/mol. The highest BCUT2D eigenvalue weighted by Gasteiger charge is 2.26. The summed E-state index contributed by atoms with van der Waals surface area (Å²) < 4.78 is 1.13. The van der Waals surface area contributed by atoms with Crippen LogP contribution in [0.15, 0.2) is 47.8 Å². The van der Waals surface area contributed by atoms with Gasteiger partial charge in [-0.05, 0) is 35.9 Å². The van der Waals surface area contributed by atoms with E-state index in [0.29, 0.717) is 6.54 Å². The topological polar surface area (TPSA) is 61.4 Å². The van der Waals surface area contributed by atoms with Crippen LogP contribution in [0.3, 0.4) is 0 Å². The second kappa shape index (κ2) is 6.70. The molecule has 2 aromatic heterocycles. The Bertz CT molecular complexity index is 761. The lowest BCUT2D eigenvalue weighted by Gasteiger charge is -2.22. The molecule has 0 fully saturated rings. The number of carbonyl (C=O) groups is 1. The number of nitrogens with one attached hydrogen (secondary N) is 2. The van der Waals surface area contributed by atoms with Gasteiger partial charge in [0, 0.05) is 14.5 Å². The highest BCUT2D eigenvalue weighted by Crippen LogP contribution is 2.32. The minimum atomic E-state index is -1.09. The van der Waals surface area contributed by atoms with Crippen molar-refractivity contribution in [3.63, 3.8) is 0 Å². The number of fused-ring (bicyclic) bond motifs is 1. The van der Waals surface area contributed by atoms with E-state index in [0.717, 1.165) is 19.8 Å². The molecule has 1 atom stereocenters. The van der Waals surface area contributed by atoms with E-state index >= 15 is 0 Å². The third-order valence-electron chi connectivity index (χ3n) is 3.55. The second-order valence-electron chi connectivity index (χ2n) is 5.54. The van der Waals surface area contributed by atoms with Crippen LogP contribution < -0.4 is 10.6 Å². The molecule has 1 unspecified atom stereocenters. The number of amides is 2. The molecule has 3 N–H and O–H groups in total. The number of rotatable bonds is 5. The average Bonchev–Trinajstić information content (AvgIpc) is 3.20. The van der Waals surface area contributed by atoms with E-state index in [4.69, 9.17) is 0 Å². The Morgan fingerprint density at radius 2 is 2.04 bits per heavy atom. The van der Waals surface area contributed by atoms with E-state index in [1.807, 2.05) is 47.8 Å². The normalized spacial score (nSPS) is 13.7. The molecular weight excluding hydrogens is 328 g/mol. The Hall–Kier alpha value is -1.89. The fourth-order valence-electron chi connectivity index (χ4n) is 2.23. The summed E-state index contributed by atoms with van der Waals surface area (Å²) in [5.74, 6) is 0. The number of thiophene rings is 2. The first-order chi connectivity index (χ1) is 11.0. The molecule has 2 amide bonds. The molecule has 2 heterocycles. The van der Waals surface area contributed by atoms with Gasteiger partial charge in [-0.3, -0.25) is 0 Å². The summed E-state index contributed by atoms with van der Waals surface area (Å²) in [6, 6.07) is 13.6. The van der Waals surface area contributed by atoms with E-state index in [9.17, 15) is 9.90 Å². The van der Waals surface area contributed by atoms with Gasteiger partial charge < -0.3 is 15.7 Å². The van der Waals surface area contributed by atoms with Crippen molar-refractivity contribution in [3.8, 4) is 0 Å². The Morgan fingerprint density at radius 3 is 2.78 bits per heavy atom. The molecule has 23 heavy (non-hydrogen) atoms. The van der Waals surface area contributed by atoms with Crippen LogP contribution in [0.25, 0.3) is 10.1 Å². The molecule has 0 radical (unpaired) electrons. The van der Waals surface area contributed by atoms with Crippen molar-refractivity contribution in [1.82, 2.24) is 10.6 Å². The lowest BCUT2D eigenvalue weighted by atomic mass is 10.0. The summed E-state index contributed by atoms with van der Waals surface area (Å²) >= 11 is 3.14. The van der Waals surface area contributed by atoms with E-state index in [1.165, 1.54) is 0 Å². The van der Waals surface area contributed by atoms with E-state index in [2.05, 4.69) is 10.6 Å². The first-order valence-corrected chi connectivity index (χ1v) is 9.00. The monoisotopic (exact) mass is 346 g/mol. The fraction of sp³-hybridized carbons (Fsp3) is 0.235. The SMILES string of the molecule is CC(O)(CNC(=O)NCc1cccs1)c1cc2ccccc2s1. The van der Waals surface area contributed by atoms with Crippen LogP contribution >= 0.6 is 22.7 Å². The Balaban J connectivity index is 1.58. The maximum Gasteiger partial charge on any atom is 0.315 e. The maximum absolute atomic E-state index is 11.9. The van der Waals surface area contributed by atoms with Gasteiger partial charge in [0.05, 0.1) is 13.1 Å². The van der Waals surface area contributed by atoms with Crippen molar-refractivity contribution < 1.29 is 9.90 Å². The number of carbonyl (C=O) groups excluding carboxylic acids is 1. The predicted octanol–water partition coefficient (Wildman–Crippen LogP) is 3.67. The molecule has 0 spiro atoms. The van der Waals surface area contributed by atoms with Crippen LogP contribution in [-0.2, 0) is 12.1 Å². The molecule has 3 aromatic rings. The summed E-state index contributed by atoms with van der Waals surface area (Å²) in [4.78, 5) is 13.8. The molecule has 0 saturated heterocycles. The Kier molecular flexibility index (Phi) is 4.66. The molecular formula is C17H18N2O2S2. The molecule has 1 aromatic carbocycles. The Morgan fingerprint density at radius 1 is 1.22 bits per heavy atom. The zero-order valence-corrected chi connectivity index (χ0v) is 14.3. The van der Waals surface area contributed by atoms with Crippen LogP contribution in [0.4, 0.5) is 4.79 Å². The van der Waals surface area contributed by atoms with Crippen LogP contribution in [0.2, 0.25) is 0 Å². The van der Waals surface area contributed by atoms with Crippen molar-refractivity contribution in [2.24, 2.45) is 0 Å². The van der Waals surface area contributed by atoms with Crippen molar-refractivity contribution in [2.45, 2.75) is 19.1 Å². The first-order valence-electron chi connectivity index (χ1n) is 7.30. The van der Waals surface area contributed by atoms with E-state index in [-0.39, 0.29) is 12.6 Å². The van der Waals surface area contributed by atoms with Crippen LogP contribution in [0.5, 0.6) is 0 Å². The van der Waals surface area contributed by atoms with Crippen LogP contribution in [0, 0.1) is 0 Å². The molecule has 120 valence electrons. The van der Waals surface area contributed by atoms with Gasteiger partial charge in [0.2, 0.25) is 0 Å². The molecule has 0 aliphatic rings. The smallest absolute Gasteiger partial charge is 0.315 e. The molecule has 0 aliphatic carbocycles. The molecule has 3 rings (SSSR count). The van der Waals surface area contributed by atoms with E-state index in [1.54, 1.807) is 29.6 Å². The fourth-order valence-corrected chi connectivity index (χ4v) is 3.98. The van der Waals surface area contributed by atoms with Gasteiger partial charge in [-0.1, -0.05) is 24.3 Å². The first kappa shape index (κ1) is 16.0. The quantitative estimate of drug-likeness (QED) is 0.660. The third kappa shape index (κ3) is 3.90. The van der Waals surface area contributed by atoms with E-state index < -0.39 is 5.60 Å². The molecule has 0 aliphatic heterocycles. The van der Waals surface area contributed by atoms with Crippen molar-refractivity contribution >= 4 is 38.8 Å². The summed E-state index contributed by atoms with van der Waals surface area (Å²) in [5.41, 5.74) is -1.09. The summed E-state index contributed by atoms with van der Waals surface area (Å²) in [7, 11) is 0. The minimum absolute atomic E-state index is 0.163. The standard InChI is InChI=1S/C17H18N2O2S2/c1-17(21,15-9-12-5-2-3-7-14(12)23-15)11-19-16(20)18-10-13-6-4-8-22-13/h2-9,21H,10-11H2,1H3,(H2,18,19,20). The Labute approximate surface area is 142 Å². The number of benzene rings is 1. The minimum Gasteiger partial charge on any atom is -0.383 e. The summed E-state index contributed by atoms with van der Waals surface area (Å²) in [6.45, 7) is 2.38. The number of urea groups is 1. The zero-order chi connectivity index (χ0) is 16.3. The van der Waals surface area contributed by atoms with Gasteiger partial charge in [0.25, 0.3) is 0 Å². The lowest BCUT2D eigenvalue weighted by Crippen LogP contribution is -2.42. The van der Waals surface area contributed by atoms with Crippen molar-refractivity contribution in [3.05, 3.63) is 57.6 Å². The second-order valence-corrected chi connectivity index (χ2v) is 7.65. The van der Waals surface area contributed by atoms with Gasteiger partial charge in [-0.2, -0.15) is 0 Å². The number of hydrogen-bond acceptors (Lipinski definition) is 4. The van der Waals surface area contributed by atoms with Crippen LogP contribution in [-0.4, -0.2) is 17.7 Å². The van der Waals surface area contributed by atoms with Crippen molar-refractivity contribution in [1.29, 1.82) is 0 Å². The number of aliphatic hydroxyl groups is 1. The largest absolute Gasteiger partial charge is 0.383 e. The number of hydrogen-bond donors (Lipinski definition) is 3. The highest BCUT2D eigenvalue weighted by molar-refractivity contribution is 7.19. The summed E-state index contributed by atoms with van der Waals surface area (Å²) in [5, 5.41) is 19.3. The van der Waals surface area contributed by atoms with Gasteiger partial charge in [-0.15, -0.1) is 22.7 Å².